The van der Waals surface area contributed by atoms with Crippen molar-refractivity contribution < 1.29 is 0 Å². The van der Waals surface area contributed by atoms with Crippen LogP contribution in [-0.4, -0.2) is 41.4 Å². The first-order valence-electron chi connectivity index (χ1n) is 8.66. The molecule has 21 heavy (non-hydrogen) atoms. The summed E-state index contributed by atoms with van der Waals surface area (Å²) in [6.07, 6.45) is 6.42. The molecule has 1 aromatic rings. The third-order valence-corrected chi connectivity index (χ3v) is 5.28. The fourth-order valence-corrected chi connectivity index (χ4v) is 3.81. The molecule has 3 rings (SSSR count). The first kappa shape index (κ1) is 14.8. The minimum Gasteiger partial charge on any atom is -0.340 e. The van der Waals surface area contributed by atoms with E-state index >= 15 is 0 Å². The number of hydrogen-bond donors (Lipinski definition) is 2. The molecule has 2 atom stereocenters. The Labute approximate surface area is 127 Å². The second-order valence-corrected chi connectivity index (χ2v) is 6.77. The van der Waals surface area contributed by atoms with E-state index in [0.29, 0.717) is 5.92 Å². The van der Waals surface area contributed by atoms with Crippen LogP contribution in [0.2, 0.25) is 0 Å². The van der Waals surface area contributed by atoms with Gasteiger partial charge in [0.05, 0.1) is 0 Å². The van der Waals surface area contributed by atoms with Crippen molar-refractivity contribution >= 4 is 5.95 Å². The highest BCUT2D eigenvalue weighted by Crippen LogP contribution is 2.38. The number of aromatic nitrogens is 3. The Bertz CT molecular complexity index is 436. The van der Waals surface area contributed by atoms with Gasteiger partial charge < -0.3 is 10.2 Å². The highest BCUT2D eigenvalue weighted by Gasteiger charge is 2.29. The summed E-state index contributed by atoms with van der Waals surface area (Å²) in [5, 5.41) is 11.1. The van der Waals surface area contributed by atoms with Crippen LogP contribution in [0.3, 0.4) is 0 Å². The number of nitrogens with one attached hydrogen (secondary N) is 2. The summed E-state index contributed by atoms with van der Waals surface area (Å²) in [4.78, 5) is 7.15. The normalized spacial score (nSPS) is 27.4. The van der Waals surface area contributed by atoms with Crippen molar-refractivity contribution in [2.24, 2.45) is 11.8 Å². The van der Waals surface area contributed by atoms with Gasteiger partial charge in [-0.25, -0.2) is 0 Å². The van der Waals surface area contributed by atoms with Crippen LogP contribution in [0.4, 0.5) is 5.95 Å². The average Bonchev–Trinajstić information content (AvgIpc) is 3.14. The van der Waals surface area contributed by atoms with E-state index in [1.54, 1.807) is 0 Å². The molecule has 0 spiro atoms. The monoisotopic (exact) mass is 291 g/mol. The Balaban J connectivity index is 1.55. The quantitative estimate of drug-likeness (QED) is 0.875. The van der Waals surface area contributed by atoms with Crippen molar-refractivity contribution in [1.82, 2.24) is 20.5 Å². The lowest BCUT2D eigenvalue weighted by Gasteiger charge is -2.31. The Morgan fingerprint density at radius 2 is 2.05 bits per heavy atom. The largest absolute Gasteiger partial charge is 0.340 e. The van der Waals surface area contributed by atoms with E-state index in [9.17, 15) is 0 Å². The van der Waals surface area contributed by atoms with Crippen LogP contribution >= 0.6 is 0 Å². The first-order chi connectivity index (χ1) is 10.3. The molecule has 5 heteroatoms. The summed E-state index contributed by atoms with van der Waals surface area (Å²) in [6, 6.07) is 0. The standard InChI is InChI=1S/C16H29N5/c1-3-17-11-13-7-9-21(10-8-13)16-18-15(19-20-16)14-6-4-5-12(14)2/h12-14,17H,3-11H2,1-2H3,(H,18,19,20). The fourth-order valence-electron chi connectivity index (χ4n) is 3.81. The van der Waals surface area contributed by atoms with Crippen LogP contribution in [0.15, 0.2) is 0 Å². The van der Waals surface area contributed by atoms with E-state index in [0.717, 1.165) is 49.8 Å². The van der Waals surface area contributed by atoms with E-state index in [1.165, 1.54) is 32.1 Å². The maximum atomic E-state index is 4.80. The second kappa shape index (κ2) is 6.77. The van der Waals surface area contributed by atoms with Gasteiger partial charge in [-0.15, -0.1) is 5.10 Å². The van der Waals surface area contributed by atoms with Gasteiger partial charge in [-0.1, -0.05) is 20.3 Å². The van der Waals surface area contributed by atoms with Gasteiger partial charge in [0.2, 0.25) is 5.95 Å². The summed E-state index contributed by atoms with van der Waals surface area (Å²) in [5.74, 6) is 4.19. The third kappa shape index (κ3) is 3.39. The van der Waals surface area contributed by atoms with Gasteiger partial charge in [0.1, 0.15) is 5.82 Å². The highest BCUT2D eigenvalue weighted by molar-refractivity contribution is 5.30. The summed E-state index contributed by atoms with van der Waals surface area (Å²) in [6.45, 7) is 8.93. The highest BCUT2D eigenvalue weighted by atomic mass is 15.4. The molecule has 1 saturated heterocycles. The lowest BCUT2D eigenvalue weighted by Crippen LogP contribution is -2.37. The van der Waals surface area contributed by atoms with Gasteiger partial charge in [-0.3, -0.25) is 5.10 Å². The maximum Gasteiger partial charge on any atom is 0.244 e. The Morgan fingerprint density at radius 1 is 1.24 bits per heavy atom. The predicted molar refractivity (Wildman–Crippen MR) is 85.6 cm³/mol. The zero-order valence-electron chi connectivity index (χ0n) is 13.4. The zero-order valence-corrected chi connectivity index (χ0v) is 13.4. The molecule has 2 fully saturated rings. The number of anilines is 1. The molecule has 2 unspecified atom stereocenters. The summed E-state index contributed by atoms with van der Waals surface area (Å²) in [5.41, 5.74) is 0. The summed E-state index contributed by atoms with van der Waals surface area (Å²) < 4.78 is 0. The number of H-pyrrole nitrogens is 1. The lowest BCUT2D eigenvalue weighted by atomic mass is 9.97. The molecule has 2 heterocycles. The Kier molecular flexibility index (Phi) is 4.78. The van der Waals surface area contributed by atoms with Crippen LogP contribution in [0.5, 0.6) is 0 Å². The van der Waals surface area contributed by atoms with E-state index in [-0.39, 0.29) is 0 Å². The molecule has 0 bridgehead atoms. The Hall–Kier alpha value is -1.10. The smallest absolute Gasteiger partial charge is 0.244 e. The fraction of sp³-hybridized carbons (Fsp3) is 0.875. The second-order valence-electron chi connectivity index (χ2n) is 6.77. The van der Waals surface area contributed by atoms with Crippen molar-refractivity contribution in [2.45, 2.75) is 51.9 Å². The molecule has 1 aliphatic carbocycles. The van der Waals surface area contributed by atoms with Crippen molar-refractivity contribution in [3.8, 4) is 0 Å². The molecule has 0 aromatic carbocycles. The molecular formula is C16H29N5. The van der Waals surface area contributed by atoms with E-state index in [2.05, 4.69) is 34.3 Å². The number of rotatable bonds is 5. The van der Waals surface area contributed by atoms with Gasteiger partial charge in [0.15, 0.2) is 0 Å². The van der Waals surface area contributed by atoms with E-state index in [1.807, 2.05) is 0 Å². The minimum absolute atomic E-state index is 0.595. The molecular weight excluding hydrogens is 262 g/mol. The SMILES string of the molecule is CCNCC1CCN(c2n[nH]c(C3CCCC3C)n2)CC1. The van der Waals surface area contributed by atoms with E-state index in [4.69, 9.17) is 4.98 Å². The van der Waals surface area contributed by atoms with Crippen LogP contribution in [0.1, 0.15) is 57.7 Å². The summed E-state index contributed by atoms with van der Waals surface area (Å²) >= 11 is 0. The molecule has 5 nitrogen and oxygen atoms in total. The van der Waals surface area contributed by atoms with E-state index < -0.39 is 0 Å². The molecule has 0 amide bonds. The topological polar surface area (TPSA) is 56.8 Å². The van der Waals surface area contributed by atoms with Crippen molar-refractivity contribution in [3.05, 3.63) is 5.82 Å². The van der Waals surface area contributed by atoms with Crippen molar-refractivity contribution in [2.75, 3.05) is 31.1 Å². The average molecular weight is 291 g/mol. The number of hydrogen-bond acceptors (Lipinski definition) is 4. The predicted octanol–water partition coefficient (Wildman–Crippen LogP) is 2.53. The summed E-state index contributed by atoms with van der Waals surface area (Å²) in [7, 11) is 0. The molecule has 1 aliphatic heterocycles. The van der Waals surface area contributed by atoms with Crippen LogP contribution in [-0.2, 0) is 0 Å². The van der Waals surface area contributed by atoms with Gasteiger partial charge in [-0.2, -0.15) is 4.98 Å². The maximum absolute atomic E-state index is 4.80. The van der Waals surface area contributed by atoms with Gasteiger partial charge in [0.25, 0.3) is 0 Å². The molecule has 0 radical (unpaired) electrons. The number of piperidine rings is 1. The van der Waals surface area contributed by atoms with Gasteiger partial charge in [-0.05, 0) is 50.6 Å². The molecule has 2 aliphatic rings. The zero-order chi connectivity index (χ0) is 14.7. The molecule has 1 saturated carbocycles. The van der Waals surface area contributed by atoms with Gasteiger partial charge in [0, 0.05) is 19.0 Å². The number of nitrogens with zero attached hydrogens (tertiary/aromatic N) is 3. The van der Waals surface area contributed by atoms with Gasteiger partial charge >= 0.3 is 0 Å². The molecule has 1 aromatic heterocycles. The van der Waals surface area contributed by atoms with Crippen molar-refractivity contribution in [3.63, 3.8) is 0 Å². The Morgan fingerprint density at radius 3 is 2.71 bits per heavy atom. The van der Waals surface area contributed by atoms with Crippen molar-refractivity contribution in [1.29, 1.82) is 0 Å². The first-order valence-corrected chi connectivity index (χ1v) is 8.66. The molecule has 2 N–H and O–H groups in total. The van der Waals surface area contributed by atoms with Crippen LogP contribution in [0.25, 0.3) is 0 Å². The number of aromatic amines is 1. The van der Waals surface area contributed by atoms with Crippen LogP contribution in [0, 0.1) is 11.8 Å². The minimum atomic E-state index is 0.595. The lowest BCUT2D eigenvalue weighted by molar-refractivity contribution is 0.384. The molecule has 118 valence electrons. The third-order valence-electron chi connectivity index (χ3n) is 5.28. The van der Waals surface area contributed by atoms with Crippen LogP contribution < -0.4 is 10.2 Å².